The van der Waals surface area contributed by atoms with E-state index in [0.29, 0.717) is 9.99 Å². The fourth-order valence-electron chi connectivity index (χ4n) is 1.73. The first-order valence-electron chi connectivity index (χ1n) is 5.95. The summed E-state index contributed by atoms with van der Waals surface area (Å²) in [5.41, 5.74) is -0.682. The molecule has 6 heteroatoms. The Morgan fingerprint density at radius 2 is 2.05 bits per heavy atom. The molecule has 1 rings (SSSR count). The summed E-state index contributed by atoms with van der Waals surface area (Å²) in [6, 6.07) is 3.42. The number of nitrogens with one attached hydrogen (secondary N) is 1. The lowest BCUT2D eigenvalue weighted by molar-refractivity contribution is 0.0469. The molecule has 0 aliphatic rings. The highest BCUT2D eigenvalue weighted by Crippen LogP contribution is 2.27. The van der Waals surface area contributed by atoms with Gasteiger partial charge in [0.2, 0.25) is 0 Å². The molecule has 3 N–H and O–H groups in total. The van der Waals surface area contributed by atoms with Crippen molar-refractivity contribution in [2.45, 2.75) is 32.3 Å². The van der Waals surface area contributed by atoms with Gasteiger partial charge in [0.05, 0.1) is 14.7 Å². The fraction of sp³-hybridized carbons (Fsp3) is 0.462. The SMILES string of the molecule is CCCC(C)(O)CNC(=O)c1cc(I)cc(I)c1O. The van der Waals surface area contributed by atoms with E-state index in [1.807, 2.05) is 29.5 Å². The van der Waals surface area contributed by atoms with Crippen LogP contribution >= 0.6 is 45.2 Å². The Hall–Kier alpha value is -0.0900. The van der Waals surface area contributed by atoms with Crippen molar-refractivity contribution in [3.05, 3.63) is 24.8 Å². The number of hydrogen-bond donors (Lipinski definition) is 3. The predicted molar refractivity (Wildman–Crippen MR) is 91.4 cm³/mol. The lowest BCUT2D eigenvalue weighted by Crippen LogP contribution is -2.40. The zero-order valence-corrected chi connectivity index (χ0v) is 15.1. The molecular weight excluding hydrogens is 472 g/mol. The summed E-state index contributed by atoms with van der Waals surface area (Å²) >= 11 is 4.08. The van der Waals surface area contributed by atoms with E-state index in [9.17, 15) is 15.0 Å². The van der Waals surface area contributed by atoms with Crippen LogP contribution in [0.15, 0.2) is 12.1 Å². The molecule has 1 unspecified atom stereocenters. The minimum Gasteiger partial charge on any atom is -0.506 e. The summed E-state index contributed by atoms with van der Waals surface area (Å²) in [5.74, 6) is -0.390. The summed E-state index contributed by atoms with van der Waals surface area (Å²) in [6.07, 6.45) is 1.46. The van der Waals surface area contributed by atoms with Crippen molar-refractivity contribution in [3.8, 4) is 5.75 Å². The van der Waals surface area contributed by atoms with Crippen LogP contribution in [0.4, 0.5) is 0 Å². The summed E-state index contributed by atoms with van der Waals surface area (Å²) < 4.78 is 1.51. The largest absolute Gasteiger partial charge is 0.506 e. The second-order valence-corrected chi connectivity index (χ2v) is 7.12. The van der Waals surface area contributed by atoms with Gasteiger partial charge >= 0.3 is 0 Å². The molecule has 106 valence electrons. The van der Waals surface area contributed by atoms with E-state index in [-0.39, 0.29) is 23.8 Å². The van der Waals surface area contributed by atoms with Gasteiger partial charge in [0.15, 0.2) is 0 Å². The normalized spacial score (nSPS) is 13.9. The molecule has 0 fully saturated rings. The minimum absolute atomic E-state index is 0.0198. The standard InChI is InChI=1S/C13H17I2NO3/c1-3-4-13(2,19)7-16-12(18)9-5-8(14)6-10(15)11(9)17/h5-6,17,19H,3-4,7H2,1-2H3,(H,16,18). The zero-order valence-electron chi connectivity index (χ0n) is 10.8. The number of benzene rings is 1. The number of carbonyl (C=O) groups is 1. The van der Waals surface area contributed by atoms with Gasteiger partial charge in [-0.05, 0) is 70.7 Å². The highest BCUT2D eigenvalue weighted by molar-refractivity contribution is 14.1. The van der Waals surface area contributed by atoms with Gasteiger partial charge in [-0.2, -0.15) is 0 Å². The van der Waals surface area contributed by atoms with Gasteiger partial charge in [-0.25, -0.2) is 0 Å². The van der Waals surface area contributed by atoms with E-state index in [1.54, 1.807) is 19.1 Å². The molecule has 1 atom stereocenters. The number of halogens is 2. The first-order valence-corrected chi connectivity index (χ1v) is 8.11. The van der Waals surface area contributed by atoms with Crippen LogP contribution in [0.5, 0.6) is 5.75 Å². The number of phenolic OH excluding ortho intramolecular Hbond substituents is 1. The van der Waals surface area contributed by atoms with E-state index in [0.717, 1.165) is 9.99 Å². The fourth-order valence-corrected chi connectivity index (χ4v) is 3.58. The summed E-state index contributed by atoms with van der Waals surface area (Å²) in [7, 11) is 0. The van der Waals surface area contributed by atoms with Crippen molar-refractivity contribution < 1.29 is 15.0 Å². The molecule has 0 aliphatic heterocycles. The number of phenols is 1. The molecule has 0 saturated heterocycles. The Kier molecular flexibility index (Phi) is 6.31. The molecule has 1 aromatic rings. The van der Waals surface area contributed by atoms with Crippen molar-refractivity contribution in [3.63, 3.8) is 0 Å². The number of carbonyl (C=O) groups excluding carboxylic acids is 1. The quantitative estimate of drug-likeness (QED) is 0.558. The Balaban J connectivity index is 2.80. The second-order valence-electron chi connectivity index (χ2n) is 4.71. The predicted octanol–water partition coefficient (Wildman–Crippen LogP) is 2.88. The van der Waals surface area contributed by atoms with E-state index >= 15 is 0 Å². The number of aliphatic hydroxyl groups is 1. The van der Waals surface area contributed by atoms with Crippen molar-refractivity contribution >= 4 is 51.1 Å². The molecule has 1 aromatic carbocycles. The van der Waals surface area contributed by atoms with Crippen LogP contribution in [-0.4, -0.2) is 28.3 Å². The van der Waals surface area contributed by atoms with E-state index in [1.165, 1.54) is 0 Å². The van der Waals surface area contributed by atoms with Crippen molar-refractivity contribution in [2.24, 2.45) is 0 Å². The van der Waals surface area contributed by atoms with Crippen molar-refractivity contribution in [1.82, 2.24) is 5.32 Å². The third-order valence-corrected chi connectivity index (χ3v) is 4.14. The Bertz CT molecular complexity index is 475. The van der Waals surface area contributed by atoms with Gasteiger partial charge in [-0.3, -0.25) is 4.79 Å². The molecule has 4 nitrogen and oxygen atoms in total. The molecule has 0 radical (unpaired) electrons. The van der Waals surface area contributed by atoms with E-state index in [2.05, 4.69) is 27.9 Å². The molecule has 0 heterocycles. The third kappa shape index (κ3) is 5.07. The molecule has 0 bridgehead atoms. The molecular formula is C13H17I2NO3. The van der Waals surface area contributed by atoms with Gasteiger partial charge in [0.1, 0.15) is 5.75 Å². The van der Waals surface area contributed by atoms with Gasteiger partial charge in [0, 0.05) is 10.1 Å². The van der Waals surface area contributed by atoms with Crippen LogP contribution in [0.1, 0.15) is 37.0 Å². The second kappa shape index (κ2) is 7.07. The minimum atomic E-state index is -0.922. The molecule has 0 spiro atoms. The van der Waals surface area contributed by atoms with Crippen LogP contribution < -0.4 is 5.32 Å². The number of amides is 1. The number of aromatic hydroxyl groups is 1. The maximum absolute atomic E-state index is 12.0. The lowest BCUT2D eigenvalue weighted by atomic mass is 10.0. The molecule has 1 amide bonds. The highest BCUT2D eigenvalue weighted by Gasteiger charge is 2.22. The van der Waals surface area contributed by atoms with Crippen molar-refractivity contribution in [2.75, 3.05) is 6.54 Å². The first-order chi connectivity index (χ1) is 8.76. The van der Waals surface area contributed by atoms with Gasteiger partial charge in [0.25, 0.3) is 5.91 Å². The molecule has 0 aromatic heterocycles. The average Bonchev–Trinajstić information content (AvgIpc) is 2.31. The maximum atomic E-state index is 12.0. The number of hydrogen-bond acceptors (Lipinski definition) is 3. The Labute approximate surface area is 140 Å². The van der Waals surface area contributed by atoms with Crippen LogP contribution in [0.2, 0.25) is 0 Å². The summed E-state index contributed by atoms with van der Waals surface area (Å²) in [6.45, 7) is 3.83. The summed E-state index contributed by atoms with van der Waals surface area (Å²) in [5, 5.41) is 22.6. The topological polar surface area (TPSA) is 69.6 Å². The third-order valence-electron chi connectivity index (χ3n) is 2.69. The highest BCUT2D eigenvalue weighted by atomic mass is 127. The molecule has 0 saturated carbocycles. The zero-order chi connectivity index (χ0) is 14.6. The van der Waals surface area contributed by atoms with E-state index < -0.39 is 5.60 Å². The monoisotopic (exact) mass is 489 g/mol. The smallest absolute Gasteiger partial charge is 0.255 e. The van der Waals surface area contributed by atoms with Crippen molar-refractivity contribution in [1.29, 1.82) is 0 Å². The first kappa shape index (κ1) is 17.0. The van der Waals surface area contributed by atoms with Gasteiger partial charge < -0.3 is 15.5 Å². The van der Waals surface area contributed by atoms with E-state index in [4.69, 9.17) is 0 Å². The lowest BCUT2D eigenvalue weighted by Gasteiger charge is -2.23. The number of rotatable bonds is 5. The van der Waals surface area contributed by atoms with Gasteiger partial charge in [-0.15, -0.1) is 0 Å². The Morgan fingerprint density at radius 3 is 2.63 bits per heavy atom. The maximum Gasteiger partial charge on any atom is 0.255 e. The van der Waals surface area contributed by atoms with Crippen LogP contribution in [-0.2, 0) is 0 Å². The van der Waals surface area contributed by atoms with Crippen LogP contribution in [0.3, 0.4) is 0 Å². The molecule has 0 aliphatic carbocycles. The summed E-state index contributed by atoms with van der Waals surface area (Å²) in [4.78, 5) is 12.0. The van der Waals surface area contributed by atoms with Crippen LogP contribution in [0, 0.1) is 7.14 Å². The average molecular weight is 489 g/mol. The van der Waals surface area contributed by atoms with Crippen LogP contribution in [0.25, 0.3) is 0 Å². The van der Waals surface area contributed by atoms with Gasteiger partial charge in [-0.1, -0.05) is 13.3 Å². The Morgan fingerprint density at radius 1 is 1.42 bits per heavy atom. The molecule has 19 heavy (non-hydrogen) atoms.